The first-order chi connectivity index (χ1) is 12.5. The van der Waals surface area contributed by atoms with Crippen LogP contribution in [0.3, 0.4) is 0 Å². The predicted molar refractivity (Wildman–Crippen MR) is 102 cm³/mol. The van der Waals surface area contributed by atoms with E-state index in [1.54, 1.807) is 6.07 Å². The molecule has 26 heavy (non-hydrogen) atoms. The number of aliphatic hydroxyl groups is 1. The molecular weight excluding hydrogens is 480 g/mol. The lowest BCUT2D eigenvalue weighted by molar-refractivity contribution is 0.0152. The quantitative estimate of drug-likeness (QED) is 0.211. The number of amides is 1. The van der Waals surface area contributed by atoms with E-state index >= 15 is 0 Å². The molecule has 0 fully saturated rings. The van der Waals surface area contributed by atoms with E-state index in [9.17, 15) is 9.18 Å². The first-order valence-electron chi connectivity index (χ1n) is 7.33. The number of fused-ring (bicyclic) bond motifs is 1. The molecule has 10 heteroatoms. The highest BCUT2D eigenvalue weighted by molar-refractivity contribution is 14.1. The molecule has 0 radical (unpaired) electrons. The normalized spacial score (nSPS) is 10.9. The second kappa shape index (κ2) is 8.16. The molecule has 0 aliphatic rings. The molecule has 2 aromatic heterocycles. The van der Waals surface area contributed by atoms with Crippen molar-refractivity contribution in [3.05, 3.63) is 50.8 Å². The molecule has 0 unspecified atom stereocenters. The summed E-state index contributed by atoms with van der Waals surface area (Å²) < 4.78 is 20.5. The highest BCUT2D eigenvalue weighted by Crippen LogP contribution is 2.37. The molecule has 3 rings (SSSR count). The van der Waals surface area contributed by atoms with Crippen LogP contribution >= 0.6 is 34.2 Å². The molecule has 0 atom stereocenters. The van der Waals surface area contributed by atoms with Gasteiger partial charge in [0.2, 0.25) is 5.76 Å². The van der Waals surface area contributed by atoms with Crippen molar-refractivity contribution in [3.8, 4) is 0 Å². The van der Waals surface area contributed by atoms with Crippen molar-refractivity contribution in [3.63, 3.8) is 0 Å². The fourth-order valence-corrected chi connectivity index (χ4v) is 2.92. The van der Waals surface area contributed by atoms with E-state index in [-0.39, 0.29) is 35.5 Å². The summed E-state index contributed by atoms with van der Waals surface area (Å²) >= 11 is 8.13. The average Bonchev–Trinajstić information content (AvgIpc) is 2.97. The number of furan rings is 1. The number of halogens is 3. The third kappa shape index (κ3) is 3.90. The summed E-state index contributed by atoms with van der Waals surface area (Å²) in [6.07, 6.45) is 1.42. The number of carbonyl (C=O) groups is 1. The van der Waals surface area contributed by atoms with Gasteiger partial charge in [-0.15, -0.1) is 0 Å². The van der Waals surface area contributed by atoms with Crippen LogP contribution in [0, 0.1) is 9.39 Å². The molecule has 0 aliphatic heterocycles. The van der Waals surface area contributed by atoms with Crippen molar-refractivity contribution in [2.45, 2.75) is 0 Å². The van der Waals surface area contributed by atoms with Crippen molar-refractivity contribution in [1.82, 2.24) is 10.5 Å². The van der Waals surface area contributed by atoms with Gasteiger partial charge in [-0.2, -0.15) is 0 Å². The van der Waals surface area contributed by atoms with Crippen LogP contribution in [0.2, 0.25) is 5.15 Å². The average molecular weight is 492 g/mol. The zero-order chi connectivity index (χ0) is 18.7. The number of hydrogen-bond acceptors (Lipinski definition) is 6. The Bertz CT molecular complexity index is 966. The van der Waals surface area contributed by atoms with E-state index in [0.29, 0.717) is 11.0 Å². The SMILES string of the molecule is O=C(NOCCO)c1oc2ccnc(Cl)c2c1Nc1ccc(I)cc1F. The Morgan fingerprint density at radius 2 is 2.23 bits per heavy atom. The van der Waals surface area contributed by atoms with Gasteiger partial charge in [-0.05, 0) is 46.9 Å². The molecule has 3 aromatic rings. The Morgan fingerprint density at radius 3 is 2.96 bits per heavy atom. The molecule has 0 saturated carbocycles. The molecule has 0 spiro atoms. The van der Waals surface area contributed by atoms with Crippen LogP contribution in [0.4, 0.5) is 15.8 Å². The van der Waals surface area contributed by atoms with Crippen molar-refractivity contribution in [2.24, 2.45) is 0 Å². The van der Waals surface area contributed by atoms with Crippen molar-refractivity contribution < 1.29 is 23.5 Å². The van der Waals surface area contributed by atoms with Gasteiger partial charge in [0, 0.05) is 9.77 Å². The smallest absolute Gasteiger partial charge is 0.312 e. The van der Waals surface area contributed by atoms with Crippen LogP contribution in [0.25, 0.3) is 11.0 Å². The number of nitrogens with zero attached hydrogens (tertiary/aromatic N) is 1. The minimum absolute atomic E-state index is 0.0926. The maximum Gasteiger partial charge on any atom is 0.312 e. The molecule has 1 aromatic carbocycles. The number of rotatable bonds is 6. The Balaban J connectivity index is 2.05. The largest absolute Gasteiger partial charge is 0.448 e. The van der Waals surface area contributed by atoms with Crippen LogP contribution in [0.1, 0.15) is 10.6 Å². The maximum absolute atomic E-state index is 14.2. The minimum atomic E-state index is -0.723. The molecular formula is C16H12ClFIN3O4. The number of anilines is 2. The summed E-state index contributed by atoms with van der Waals surface area (Å²) in [5.74, 6) is -1.39. The number of carbonyl (C=O) groups excluding carboxylic acids is 1. The summed E-state index contributed by atoms with van der Waals surface area (Å²) in [7, 11) is 0. The highest BCUT2D eigenvalue weighted by atomic mass is 127. The first-order valence-corrected chi connectivity index (χ1v) is 8.79. The highest BCUT2D eigenvalue weighted by Gasteiger charge is 2.24. The number of aromatic nitrogens is 1. The maximum atomic E-state index is 14.2. The van der Waals surface area contributed by atoms with E-state index in [1.165, 1.54) is 24.4 Å². The number of pyridine rings is 1. The van der Waals surface area contributed by atoms with Crippen LogP contribution in [-0.2, 0) is 4.84 Å². The molecule has 136 valence electrons. The zero-order valence-electron chi connectivity index (χ0n) is 13.1. The van der Waals surface area contributed by atoms with E-state index in [0.717, 1.165) is 3.57 Å². The van der Waals surface area contributed by atoms with Gasteiger partial charge in [0.25, 0.3) is 0 Å². The third-order valence-electron chi connectivity index (χ3n) is 3.31. The number of aliphatic hydroxyl groups excluding tert-OH is 1. The Hall–Kier alpha value is -1.95. The molecule has 3 N–H and O–H groups in total. The lowest BCUT2D eigenvalue weighted by Gasteiger charge is -2.09. The predicted octanol–water partition coefficient (Wildman–Crippen LogP) is 3.62. The minimum Gasteiger partial charge on any atom is -0.448 e. The van der Waals surface area contributed by atoms with Gasteiger partial charge in [0.15, 0.2) is 0 Å². The van der Waals surface area contributed by atoms with Crippen molar-refractivity contribution in [1.29, 1.82) is 0 Å². The van der Waals surface area contributed by atoms with Gasteiger partial charge in [-0.1, -0.05) is 11.6 Å². The lowest BCUT2D eigenvalue weighted by atomic mass is 10.2. The number of hydrogen-bond donors (Lipinski definition) is 3. The summed E-state index contributed by atoms with van der Waals surface area (Å²) in [6, 6.07) is 6.11. The Labute approximate surface area is 165 Å². The van der Waals surface area contributed by atoms with Crippen LogP contribution in [0.15, 0.2) is 34.9 Å². The number of nitrogens with one attached hydrogen (secondary N) is 2. The second-order valence-electron chi connectivity index (χ2n) is 5.03. The van der Waals surface area contributed by atoms with E-state index < -0.39 is 11.7 Å². The summed E-state index contributed by atoms with van der Waals surface area (Å²) in [4.78, 5) is 21.1. The number of hydroxylamine groups is 1. The van der Waals surface area contributed by atoms with Gasteiger partial charge in [-0.3, -0.25) is 9.63 Å². The fraction of sp³-hybridized carbons (Fsp3) is 0.125. The van der Waals surface area contributed by atoms with Crippen LogP contribution in [-0.4, -0.2) is 29.2 Å². The van der Waals surface area contributed by atoms with Crippen molar-refractivity contribution in [2.75, 3.05) is 18.5 Å². The topological polar surface area (TPSA) is 96.6 Å². The summed E-state index contributed by atoms with van der Waals surface area (Å²) in [5.41, 5.74) is 2.73. The lowest BCUT2D eigenvalue weighted by Crippen LogP contribution is -2.25. The van der Waals surface area contributed by atoms with E-state index in [4.69, 9.17) is 26.0 Å². The molecule has 7 nitrogen and oxygen atoms in total. The van der Waals surface area contributed by atoms with Crippen LogP contribution < -0.4 is 10.8 Å². The van der Waals surface area contributed by atoms with E-state index in [1.807, 2.05) is 22.6 Å². The summed E-state index contributed by atoms with van der Waals surface area (Å²) in [6.45, 7) is -0.363. The van der Waals surface area contributed by atoms with Gasteiger partial charge < -0.3 is 14.8 Å². The third-order valence-corrected chi connectivity index (χ3v) is 4.27. The molecule has 0 saturated heterocycles. The standard InChI is InChI=1S/C16H12ClFIN3O4/c17-15-12-11(3-4-20-15)26-14(16(24)22-25-6-5-23)13(12)21-10-2-1-8(19)7-9(10)18/h1-4,7,21,23H,5-6H2,(H,22,24). The Morgan fingerprint density at radius 1 is 1.42 bits per heavy atom. The van der Waals surface area contributed by atoms with E-state index in [2.05, 4.69) is 15.8 Å². The molecule has 0 aliphatic carbocycles. The zero-order valence-corrected chi connectivity index (χ0v) is 16.0. The Kier molecular flexibility index (Phi) is 5.91. The van der Waals surface area contributed by atoms with Gasteiger partial charge >= 0.3 is 5.91 Å². The molecule has 1 amide bonds. The summed E-state index contributed by atoms with van der Waals surface area (Å²) in [5, 5.41) is 12.0. The van der Waals surface area contributed by atoms with Gasteiger partial charge in [0.05, 0.1) is 24.3 Å². The van der Waals surface area contributed by atoms with Crippen LogP contribution in [0.5, 0.6) is 0 Å². The first kappa shape index (κ1) is 18.8. The molecule has 0 bridgehead atoms. The van der Waals surface area contributed by atoms with Gasteiger partial charge in [0.1, 0.15) is 22.2 Å². The second-order valence-corrected chi connectivity index (χ2v) is 6.64. The van der Waals surface area contributed by atoms with Crippen molar-refractivity contribution >= 4 is 62.4 Å². The number of benzene rings is 1. The molecule has 2 heterocycles. The van der Waals surface area contributed by atoms with Gasteiger partial charge in [-0.25, -0.2) is 14.9 Å². The fourth-order valence-electron chi connectivity index (χ4n) is 2.22. The monoisotopic (exact) mass is 491 g/mol.